The molecule has 0 N–H and O–H groups in total. The summed E-state index contributed by atoms with van der Waals surface area (Å²) in [4.78, 5) is 0. The third-order valence-corrected chi connectivity index (χ3v) is 1.75. The van der Waals surface area contributed by atoms with Crippen molar-refractivity contribution >= 4 is 6.08 Å². The first-order chi connectivity index (χ1) is 4.83. The molecular formula is C9H8O. The molecule has 0 atom stereocenters. The highest BCUT2D eigenvalue weighted by atomic mass is 16.6. The predicted octanol–water partition coefficient (Wildman–Crippen LogP) is 2.74. The Morgan fingerprint density at radius 1 is 1.50 bits per heavy atom. The van der Waals surface area contributed by atoms with Crippen LogP contribution in [0.4, 0.5) is 0 Å². The van der Waals surface area contributed by atoms with E-state index in [4.69, 9.17) is 4.74 Å². The van der Waals surface area contributed by atoms with Crippen LogP contribution >= 0.6 is 0 Å². The number of rotatable bonds is 1. The van der Waals surface area contributed by atoms with Crippen LogP contribution < -0.4 is 4.74 Å². The van der Waals surface area contributed by atoms with Gasteiger partial charge in [-0.3, -0.25) is 0 Å². The quantitative estimate of drug-likeness (QED) is 0.543. The third kappa shape index (κ3) is 0.574. The lowest BCUT2D eigenvalue weighted by Gasteiger charge is -1.91. The van der Waals surface area contributed by atoms with Crippen molar-refractivity contribution in [2.45, 2.75) is 6.92 Å². The highest BCUT2D eigenvalue weighted by molar-refractivity contribution is 5.71. The summed E-state index contributed by atoms with van der Waals surface area (Å²) in [6.07, 6.45) is 1.83. The van der Waals surface area contributed by atoms with Crippen molar-refractivity contribution < 1.29 is 4.74 Å². The van der Waals surface area contributed by atoms with E-state index in [2.05, 4.69) is 13.5 Å². The minimum absolute atomic E-state index is 1.00. The maximum Gasteiger partial charge on any atom is 0.177 e. The Bertz CT molecular complexity index is 296. The van der Waals surface area contributed by atoms with E-state index in [1.807, 2.05) is 18.2 Å². The normalized spacial score (nSPS) is 11.7. The van der Waals surface area contributed by atoms with Crippen LogP contribution in [0.25, 0.3) is 6.08 Å². The largest absolute Gasteiger partial charge is 0.449 e. The molecule has 0 aliphatic carbocycles. The molecule has 0 fully saturated rings. The zero-order chi connectivity index (χ0) is 7.14. The Labute approximate surface area is 59.9 Å². The van der Waals surface area contributed by atoms with E-state index in [1.165, 1.54) is 5.56 Å². The van der Waals surface area contributed by atoms with Gasteiger partial charge in [-0.15, -0.1) is 0 Å². The fourth-order valence-electron chi connectivity index (χ4n) is 1.11. The lowest BCUT2D eigenvalue weighted by molar-refractivity contribution is 0.648. The van der Waals surface area contributed by atoms with Gasteiger partial charge in [0.2, 0.25) is 0 Å². The summed E-state index contributed by atoms with van der Waals surface area (Å²) in [6.45, 7) is 5.76. The van der Waals surface area contributed by atoms with E-state index in [0.717, 1.165) is 17.1 Å². The number of ether oxygens (including phenoxy) is 1. The molecule has 10 heavy (non-hydrogen) atoms. The standard InChI is InChI=1S/C9H8O/c1-3-7-6(2)4-5-8-9(7)10-8/h3-5H,1H2,2H3. The third-order valence-electron chi connectivity index (χ3n) is 1.75. The van der Waals surface area contributed by atoms with Crippen LogP contribution in [0.15, 0.2) is 18.7 Å². The summed E-state index contributed by atoms with van der Waals surface area (Å²) >= 11 is 0. The Kier molecular flexibility index (Phi) is 0.901. The van der Waals surface area contributed by atoms with Gasteiger partial charge in [0.1, 0.15) is 0 Å². The highest BCUT2D eigenvalue weighted by Gasteiger charge is 2.23. The summed E-state index contributed by atoms with van der Waals surface area (Å²) in [5.74, 6) is 2.01. The lowest BCUT2D eigenvalue weighted by Crippen LogP contribution is -1.71. The van der Waals surface area contributed by atoms with Crippen LogP contribution in [-0.4, -0.2) is 0 Å². The van der Waals surface area contributed by atoms with Gasteiger partial charge >= 0.3 is 0 Å². The fraction of sp³-hybridized carbons (Fsp3) is 0.111. The first kappa shape index (κ1) is 5.54. The van der Waals surface area contributed by atoms with Gasteiger partial charge in [-0.25, -0.2) is 0 Å². The second kappa shape index (κ2) is 1.63. The Morgan fingerprint density at radius 2 is 2.30 bits per heavy atom. The Morgan fingerprint density at radius 3 is 2.90 bits per heavy atom. The number of hydrogen-bond donors (Lipinski definition) is 0. The molecule has 0 unspecified atom stereocenters. The second-order valence-electron chi connectivity index (χ2n) is 2.43. The highest BCUT2D eigenvalue weighted by Crippen LogP contribution is 2.49. The molecule has 2 rings (SSSR count). The molecule has 0 radical (unpaired) electrons. The molecule has 1 heterocycles. The molecule has 0 saturated carbocycles. The molecule has 1 aromatic rings. The van der Waals surface area contributed by atoms with Crippen molar-refractivity contribution in [1.29, 1.82) is 0 Å². The molecular weight excluding hydrogens is 124 g/mol. The topological polar surface area (TPSA) is 12.5 Å². The maximum absolute atomic E-state index is 5.17. The molecule has 1 heteroatoms. The lowest BCUT2D eigenvalue weighted by atomic mass is 10.1. The van der Waals surface area contributed by atoms with Crippen molar-refractivity contribution in [2.75, 3.05) is 0 Å². The first-order valence-corrected chi connectivity index (χ1v) is 3.27. The molecule has 1 aliphatic heterocycles. The smallest absolute Gasteiger partial charge is 0.177 e. The molecule has 0 spiro atoms. The van der Waals surface area contributed by atoms with E-state index in [1.54, 1.807) is 0 Å². The van der Waals surface area contributed by atoms with Gasteiger partial charge in [0.25, 0.3) is 0 Å². The minimum Gasteiger partial charge on any atom is -0.449 e. The maximum atomic E-state index is 5.17. The van der Waals surface area contributed by atoms with Crippen molar-refractivity contribution in [3.8, 4) is 11.5 Å². The molecule has 0 aromatic heterocycles. The van der Waals surface area contributed by atoms with Gasteiger partial charge in [-0.1, -0.05) is 18.7 Å². The molecule has 1 aliphatic rings. The summed E-state index contributed by atoms with van der Waals surface area (Å²) in [5, 5.41) is 0. The van der Waals surface area contributed by atoms with Gasteiger partial charge in [-0.2, -0.15) is 0 Å². The van der Waals surface area contributed by atoms with Crippen LogP contribution in [-0.2, 0) is 0 Å². The average molecular weight is 132 g/mol. The second-order valence-corrected chi connectivity index (χ2v) is 2.43. The van der Waals surface area contributed by atoms with E-state index >= 15 is 0 Å². The SMILES string of the molecule is C=Cc1c(C)ccc2c1O2. The predicted molar refractivity (Wildman–Crippen MR) is 41.3 cm³/mol. The van der Waals surface area contributed by atoms with Crippen LogP contribution in [0.5, 0.6) is 11.5 Å². The number of fused-ring (bicyclic) bond motifs is 1. The van der Waals surface area contributed by atoms with Crippen LogP contribution in [0.3, 0.4) is 0 Å². The molecule has 0 saturated heterocycles. The van der Waals surface area contributed by atoms with E-state index < -0.39 is 0 Å². The van der Waals surface area contributed by atoms with Crippen LogP contribution in [0.1, 0.15) is 11.1 Å². The van der Waals surface area contributed by atoms with E-state index in [9.17, 15) is 0 Å². The van der Waals surface area contributed by atoms with Crippen LogP contribution in [0.2, 0.25) is 0 Å². The van der Waals surface area contributed by atoms with Gasteiger partial charge < -0.3 is 4.74 Å². The molecule has 50 valence electrons. The zero-order valence-electron chi connectivity index (χ0n) is 5.85. The Hall–Kier alpha value is -1.24. The van der Waals surface area contributed by atoms with E-state index in [-0.39, 0.29) is 0 Å². The summed E-state index contributed by atoms with van der Waals surface area (Å²) in [6, 6.07) is 4.03. The van der Waals surface area contributed by atoms with Crippen molar-refractivity contribution in [3.63, 3.8) is 0 Å². The van der Waals surface area contributed by atoms with Crippen molar-refractivity contribution in [1.82, 2.24) is 0 Å². The monoisotopic (exact) mass is 132 g/mol. The summed E-state index contributed by atoms with van der Waals surface area (Å²) < 4.78 is 5.17. The number of benzene rings is 1. The van der Waals surface area contributed by atoms with Crippen LogP contribution in [0, 0.1) is 6.92 Å². The van der Waals surface area contributed by atoms with Gasteiger partial charge in [0, 0.05) is 5.56 Å². The number of hydrogen-bond acceptors (Lipinski definition) is 1. The van der Waals surface area contributed by atoms with Gasteiger partial charge in [0.05, 0.1) is 0 Å². The zero-order valence-corrected chi connectivity index (χ0v) is 5.85. The van der Waals surface area contributed by atoms with Gasteiger partial charge in [0.15, 0.2) is 11.5 Å². The van der Waals surface area contributed by atoms with Crippen molar-refractivity contribution in [3.05, 3.63) is 29.8 Å². The molecule has 1 aromatic carbocycles. The molecule has 1 nitrogen and oxygen atoms in total. The van der Waals surface area contributed by atoms with E-state index in [0.29, 0.717) is 0 Å². The summed E-state index contributed by atoms with van der Waals surface area (Å²) in [7, 11) is 0. The minimum atomic E-state index is 1.00. The number of aryl methyl sites for hydroxylation is 1. The Balaban J connectivity index is 2.67. The molecule has 0 bridgehead atoms. The molecule has 0 amide bonds. The first-order valence-electron chi connectivity index (χ1n) is 3.27. The summed E-state index contributed by atoms with van der Waals surface area (Å²) in [5.41, 5.74) is 2.36. The fourth-order valence-corrected chi connectivity index (χ4v) is 1.11. The van der Waals surface area contributed by atoms with Crippen molar-refractivity contribution in [2.24, 2.45) is 0 Å². The van der Waals surface area contributed by atoms with Gasteiger partial charge in [-0.05, 0) is 18.6 Å². The average Bonchev–Trinajstić information content (AvgIpc) is 2.66.